The van der Waals surface area contributed by atoms with Gasteiger partial charge in [0.1, 0.15) is 0 Å². The van der Waals surface area contributed by atoms with Crippen molar-refractivity contribution >= 4 is 40.7 Å². The van der Waals surface area contributed by atoms with Crippen molar-refractivity contribution in [2.24, 2.45) is 0 Å². The van der Waals surface area contributed by atoms with Crippen LogP contribution >= 0.6 is 8.58 Å². The molecule has 7 rings (SSSR count). The zero-order chi connectivity index (χ0) is 28.3. The first-order valence-electron chi connectivity index (χ1n) is 14.3. The maximum Gasteiger partial charge on any atom is 2.00 e. The van der Waals surface area contributed by atoms with Gasteiger partial charge in [-0.1, -0.05) is 104 Å². The molecule has 0 radical (unpaired) electrons. The van der Waals surface area contributed by atoms with Crippen molar-refractivity contribution in [3.8, 4) is 0 Å². The Morgan fingerprint density at radius 3 is 1.76 bits per heavy atom. The Balaban J connectivity index is 0.000000148. The molecule has 2 heteroatoms. The molecule has 0 saturated heterocycles. The Labute approximate surface area is 272 Å². The number of hydrogen-bond donors (Lipinski definition) is 0. The minimum absolute atomic E-state index is 0. The Morgan fingerprint density at radius 2 is 1.12 bits per heavy atom. The molecule has 0 nitrogen and oxygen atoms in total. The van der Waals surface area contributed by atoms with Crippen molar-refractivity contribution in [1.82, 2.24) is 0 Å². The molecule has 0 amide bonds. The fourth-order valence-corrected chi connectivity index (χ4v) is 6.28. The van der Waals surface area contributed by atoms with E-state index >= 15 is 0 Å². The maximum atomic E-state index is 2.26. The molecule has 0 aliphatic carbocycles. The van der Waals surface area contributed by atoms with Crippen LogP contribution in [0.25, 0.3) is 21.5 Å². The number of rotatable bonds is 5. The van der Waals surface area contributed by atoms with Crippen molar-refractivity contribution in [2.45, 2.75) is 26.7 Å². The second-order valence-electron chi connectivity index (χ2n) is 10.4. The molecule has 0 bridgehead atoms. The summed E-state index contributed by atoms with van der Waals surface area (Å²) in [6.45, 7) is 4.31. The summed E-state index contributed by atoms with van der Waals surface area (Å²) in [6.07, 6.45) is 2.26. The molecule has 7 aromatic carbocycles. The topological polar surface area (TPSA) is 0 Å². The minimum Gasteiger partial charge on any atom is -0.168 e. The normalized spacial score (nSPS) is 10.5. The van der Waals surface area contributed by atoms with Gasteiger partial charge in [-0.25, -0.2) is 0 Å². The van der Waals surface area contributed by atoms with E-state index in [0.29, 0.717) is 0 Å². The molecule has 0 aromatic heterocycles. The smallest absolute Gasteiger partial charge is 0.168 e. The fourth-order valence-electron chi connectivity index (χ4n) is 5.00. The third-order valence-electron chi connectivity index (χ3n) is 7.25. The van der Waals surface area contributed by atoms with Gasteiger partial charge in [-0.05, 0) is 41.8 Å². The molecule has 0 fully saturated rings. The first-order chi connectivity index (χ1) is 20.2. The monoisotopic (exact) mass is 638 g/mol. The van der Waals surface area contributed by atoms with Crippen LogP contribution < -0.4 is 10.6 Å². The number of aryl methyl sites for hydroxylation is 4. The van der Waals surface area contributed by atoms with Gasteiger partial charge in [-0.15, -0.1) is 89.5 Å². The van der Waals surface area contributed by atoms with Gasteiger partial charge >= 0.3 is 26.2 Å². The van der Waals surface area contributed by atoms with Crippen LogP contribution in [0.15, 0.2) is 158 Å². The van der Waals surface area contributed by atoms with Crippen LogP contribution in [0.5, 0.6) is 0 Å². The van der Waals surface area contributed by atoms with E-state index in [1.54, 1.807) is 0 Å². The average molecular weight is 640 g/mol. The van der Waals surface area contributed by atoms with Gasteiger partial charge in [0.2, 0.25) is 0 Å². The van der Waals surface area contributed by atoms with Gasteiger partial charge in [-0.2, -0.15) is 12.1 Å². The first-order valence-corrected chi connectivity index (χ1v) is 15.3. The SMILES string of the molecule is Cc1cc2ccccc2[cH-]1.Cc1ccccc1P[c-]1ccc2ccccc21.[Zr+2].c1ccc(CCc2ccccc2)cc1. The molecular weight excluding hydrogens is 603 g/mol. The van der Waals surface area contributed by atoms with Crippen molar-refractivity contribution in [3.63, 3.8) is 0 Å². The summed E-state index contributed by atoms with van der Waals surface area (Å²) in [5, 5.41) is 8.34. The van der Waals surface area contributed by atoms with Gasteiger partial charge in [0.05, 0.1) is 0 Å². The van der Waals surface area contributed by atoms with E-state index in [9.17, 15) is 0 Å². The average Bonchev–Trinajstić information content (AvgIpc) is 3.61. The summed E-state index contributed by atoms with van der Waals surface area (Å²) in [5.74, 6) is 0. The maximum absolute atomic E-state index is 2.26. The molecule has 0 aliphatic heterocycles. The van der Waals surface area contributed by atoms with E-state index < -0.39 is 0 Å². The zero-order valence-electron chi connectivity index (χ0n) is 24.4. The molecule has 1 atom stereocenters. The number of hydrogen-bond acceptors (Lipinski definition) is 0. The van der Waals surface area contributed by atoms with E-state index in [4.69, 9.17) is 0 Å². The van der Waals surface area contributed by atoms with Gasteiger partial charge < -0.3 is 0 Å². The molecule has 0 heterocycles. The van der Waals surface area contributed by atoms with Crippen molar-refractivity contribution in [2.75, 3.05) is 0 Å². The predicted octanol–water partition coefficient (Wildman–Crippen LogP) is 9.83. The minimum atomic E-state index is 0. The summed E-state index contributed by atoms with van der Waals surface area (Å²) < 4.78 is 0. The summed E-state index contributed by atoms with van der Waals surface area (Å²) in [6, 6.07) is 55.8. The van der Waals surface area contributed by atoms with Gasteiger partial charge in [0.15, 0.2) is 0 Å². The van der Waals surface area contributed by atoms with E-state index in [1.807, 2.05) is 0 Å². The molecule has 0 aliphatic rings. The van der Waals surface area contributed by atoms with Crippen LogP contribution in [0.4, 0.5) is 0 Å². The Bertz CT molecular complexity index is 1700. The van der Waals surface area contributed by atoms with Crippen LogP contribution in [0, 0.1) is 13.8 Å². The van der Waals surface area contributed by atoms with Gasteiger partial charge in [0, 0.05) is 0 Å². The Kier molecular flexibility index (Phi) is 12.3. The molecular formula is C40H37PZr. The van der Waals surface area contributed by atoms with Crippen LogP contribution in [0.3, 0.4) is 0 Å². The van der Waals surface area contributed by atoms with Crippen LogP contribution in [-0.2, 0) is 39.0 Å². The molecule has 0 spiro atoms. The third-order valence-corrected chi connectivity index (χ3v) is 8.78. The molecule has 0 N–H and O–H groups in total. The molecule has 206 valence electrons. The van der Waals surface area contributed by atoms with E-state index in [1.165, 1.54) is 54.4 Å². The quantitative estimate of drug-likeness (QED) is 0.130. The zero-order valence-corrected chi connectivity index (χ0v) is 27.9. The Hall–Kier alpha value is -3.37. The summed E-state index contributed by atoms with van der Waals surface area (Å²) in [7, 11) is 0.754. The van der Waals surface area contributed by atoms with Crippen molar-refractivity contribution in [3.05, 3.63) is 180 Å². The fraction of sp³-hybridized carbons (Fsp3) is 0.100. The third kappa shape index (κ3) is 9.06. The standard InChI is InChI=1S/C16H14P.C14H14.C10H9.Zr/c1-12-6-2-5-9-15(12)17-16-11-10-13-7-3-4-8-14(13)16;1-3-7-13(8-4-1)11-12-14-9-5-2-6-10-14;1-8-6-9-4-2-3-5-10(9)7-8;/h2-11,17H,1H3;1-10H,11-12H2;2-7H,1H3;/q-1;;-1;+2. The van der Waals surface area contributed by atoms with Crippen molar-refractivity contribution < 1.29 is 26.2 Å². The first kappa shape index (κ1) is 31.6. The van der Waals surface area contributed by atoms with Gasteiger partial charge in [-0.3, -0.25) is 0 Å². The summed E-state index contributed by atoms with van der Waals surface area (Å²) in [4.78, 5) is 0. The number of fused-ring (bicyclic) bond motifs is 2. The van der Waals surface area contributed by atoms with Gasteiger partial charge in [0.25, 0.3) is 0 Å². The summed E-state index contributed by atoms with van der Waals surface area (Å²) in [5.41, 5.74) is 5.56. The largest absolute Gasteiger partial charge is 2.00 e. The van der Waals surface area contributed by atoms with Crippen LogP contribution in [0.1, 0.15) is 22.3 Å². The summed E-state index contributed by atoms with van der Waals surface area (Å²) >= 11 is 0. The molecule has 0 saturated carbocycles. The number of benzene rings is 5. The van der Waals surface area contributed by atoms with E-state index in [-0.39, 0.29) is 26.2 Å². The predicted molar refractivity (Wildman–Crippen MR) is 183 cm³/mol. The van der Waals surface area contributed by atoms with E-state index in [0.717, 1.165) is 21.4 Å². The van der Waals surface area contributed by atoms with Crippen LogP contribution in [-0.4, -0.2) is 0 Å². The molecule has 42 heavy (non-hydrogen) atoms. The van der Waals surface area contributed by atoms with Crippen LogP contribution in [0.2, 0.25) is 0 Å². The Morgan fingerprint density at radius 1 is 0.571 bits per heavy atom. The second kappa shape index (κ2) is 16.3. The van der Waals surface area contributed by atoms with E-state index in [2.05, 4.69) is 172 Å². The molecule has 1 unspecified atom stereocenters. The second-order valence-corrected chi connectivity index (χ2v) is 11.7. The molecule has 7 aromatic rings. The van der Waals surface area contributed by atoms with Crippen molar-refractivity contribution in [1.29, 1.82) is 0 Å².